The summed E-state index contributed by atoms with van der Waals surface area (Å²) >= 11 is 0. The molecule has 0 spiro atoms. The highest BCUT2D eigenvalue weighted by atomic mass is 15.4. The average molecular weight is 136 g/mol. The van der Waals surface area contributed by atoms with Crippen molar-refractivity contribution in [1.82, 2.24) is 24.8 Å². The van der Waals surface area contributed by atoms with E-state index in [2.05, 4.69) is 20.3 Å². The van der Waals surface area contributed by atoms with Gasteiger partial charge in [0, 0.05) is 0 Å². The average Bonchev–Trinajstić information content (AvgIpc) is 2.36. The van der Waals surface area contributed by atoms with Crippen LogP contribution in [0.3, 0.4) is 0 Å². The maximum absolute atomic E-state index is 5.43. The summed E-state index contributed by atoms with van der Waals surface area (Å²) < 4.78 is 1.46. The van der Waals surface area contributed by atoms with Crippen molar-refractivity contribution in [3.8, 4) is 0 Å². The fraction of sp³-hybridized carbons (Fsp3) is 0. The van der Waals surface area contributed by atoms with Crippen molar-refractivity contribution in [2.75, 3.05) is 5.73 Å². The third kappa shape index (κ3) is 0.524. The maximum atomic E-state index is 5.43. The Hall–Kier alpha value is -1.72. The Morgan fingerprint density at radius 2 is 2.40 bits per heavy atom. The van der Waals surface area contributed by atoms with Crippen LogP contribution < -0.4 is 5.73 Å². The molecule has 0 amide bonds. The zero-order valence-electron chi connectivity index (χ0n) is 4.97. The molecular formula is C4H4N6. The number of nitrogens with zero attached hydrogens (tertiary/aromatic N) is 5. The summed E-state index contributed by atoms with van der Waals surface area (Å²) in [5.74, 6) is 0.340. The van der Waals surface area contributed by atoms with Gasteiger partial charge < -0.3 is 5.73 Å². The van der Waals surface area contributed by atoms with Crippen LogP contribution in [0.2, 0.25) is 0 Å². The van der Waals surface area contributed by atoms with Crippen LogP contribution in [0.25, 0.3) is 5.65 Å². The number of fused-ring (bicyclic) bond motifs is 1. The lowest BCUT2D eigenvalue weighted by molar-refractivity contribution is 0.896. The summed E-state index contributed by atoms with van der Waals surface area (Å²) in [6, 6.07) is 0. The predicted molar refractivity (Wildman–Crippen MR) is 33.0 cm³/mol. The highest BCUT2D eigenvalue weighted by molar-refractivity contribution is 5.56. The molecule has 0 radical (unpaired) electrons. The number of nitrogens with two attached hydrogens (primary N) is 1. The van der Waals surface area contributed by atoms with Crippen molar-refractivity contribution in [2.24, 2.45) is 0 Å². The quantitative estimate of drug-likeness (QED) is 0.507. The lowest BCUT2D eigenvalue weighted by Crippen LogP contribution is -1.98. The lowest BCUT2D eigenvalue weighted by atomic mass is 10.7. The Bertz CT molecular complexity index is 351. The van der Waals surface area contributed by atoms with Crippen molar-refractivity contribution in [1.29, 1.82) is 0 Å². The van der Waals surface area contributed by atoms with Crippen LogP contribution in [-0.2, 0) is 0 Å². The Balaban J connectivity index is 2.95. The van der Waals surface area contributed by atoms with Gasteiger partial charge in [0.1, 0.15) is 12.7 Å². The first-order valence-corrected chi connectivity index (χ1v) is 2.64. The van der Waals surface area contributed by atoms with Gasteiger partial charge in [0.2, 0.25) is 5.65 Å². The molecule has 2 aromatic heterocycles. The molecule has 0 aliphatic heterocycles. The third-order valence-corrected chi connectivity index (χ3v) is 1.13. The number of aromatic nitrogens is 5. The number of hydrogen-bond donors (Lipinski definition) is 1. The molecule has 0 aliphatic rings. The molecule has 0 saturated carbocycles. The Kier molecular flexibility index (Phi) is 0.830. The Labute approximate surface area is 55.7 Å². The normalized spacial score (nSPS) is 10.4. The van der Waals surface area contributed by atoms with E-state index >= 15 is 0 Å². The molecule has 0 aromatic carbocycles. The van der Waals surface area contributed by atoms with E-state index in [9.17, 15) is 0 Å². The second-order valence-electron chi connectivity index (χ2n) is 1.74. The number of anilines is 1. The summed E-state index contributed by atoms with van der Waals surface area (Å²) in [6.45, 7) is 0. The molecule has 2 N–H and O–H groups in total. The zero-order chi connectivity index (χ0) is 6.97. The van der Waals surface area contributed by atoms with Crippen LogP contribution in [0.15, 0.2) is 12.7 Å². The minimum Gasteiger partial charge on any atom is -0.380 e. The van der Waals surface area contributed by atoms with E-state index in [0.717, 1.165) is 0 Å². The molecule has 0 fully saturated rings. The first-order chi connectivity index (χ1) is 4.88. The first kappa shape index (κ1) is 5.10. The molecule has 0 saturated heterocycles. The molecular weight excluding hydrogens is 132 g/mol. The maximum Gasteiger partial charge on any atom is 0.219 e. The lowest BCUT2D eigenvalue weighted by Gasteiger charge is -1.90. The van der Waals surface area contributed by atoms with Gasteiger partial charge >= 0.3 is 0 Å². The van der Waals surface area contributed by atoms with Crippen molar-refractivity contribution in [2.45, 2.75) is 0 Å². The summed E-state index contributed by atoms with van der Waals surface area (Å²) in [7, 11) is 0. The van der Waals surface area contributed by atoms with Crippen molar-refractivity contribution >= 4 is 11.5 Å². The number of hydrogen-bond acceptors (Lipinski definition) is 5. The van der Waals surface area contributed by atoms with Crippen molar-refractivity contribution in [3.05, 3.63) is 12.7 Å². The Morgan fingerprint density at radius 3 is 3.20 bits per heavy atom. The fourth-order valence-electron chi connectivity index (χ4n) is 0.684. The third-order valence-electron chi connectivity index (χ3n) is 1.13. The minimum atomic E-state index is 0.340. The molecule has 0 bridgehead atoms. The van der Waals surface area contributed by atoms with Gasteiger partial charge in [-0.25, -0.2) is 4.98 Å². The molecule has 10 heavy (non-hydrogen) atoms. The standard InChI is InChI=1S/C4H4N6/c5-3-4-9-7-2-10(4)8-1-6-3/h1-2H,(H2,5,6,8). The minimum absolute atomic E-state index is 0.340. The van der Waals surface area contributed by atoms with E-state index in [4.69, 9.17) is 5.73 Å². The van der Waals surface area contributed by atoms with Crippen molar-refractivity contribution in [3.63, 3.8) is 0 Å². The number of nitrogen functional groups attached to an aromatic ring is 1. The molecule has 50 valence electrons. The largest absolute Gasteiger partial charge is 0.380 e. The van der Waals surface area contributed by atoms with E-state index in [1.165, 1.54) is 17.2 Å². The van der Waals surface area contributed by atoms with Crippen LogP contribution >= 0.6 is 0 Å². The van der Waals surface area contributed by atoms with Gasteiger partial charge in [-0.3, -0.25) is 0 Å². The summed E-state index contributed by atoms with van der Waals surface area (Å²) in [5.41, 5.74) is 5.91. The summed E-state index contributed by atoms with van der Waals surface area (Å²) in [6.07, 6.45) is 2.82. The van der Waals surface area contributed by atoms with Crippen LogP contribution in [0.4, 0.5) is 5.82 Å². The second-order valence-corrected chi connectivity index (χ2v) is 1.74. The molecule has 0 aliphatic carbocycles. The topological polar surface area (TPSA) is 82.0 Å². The van der Waals surface area contributed by atoms with Gasteiger partial charge in [0.05, 0.1) is 0 Å². The van der Waals surface area contributed by atoms with E-state index in [1.807, 2.05) is 0 Å². The van der Waals surface area contributed by atoms with Gasteiger partial charge in [0.15, 0.2) is 5.82 Å². The van der Waals surface area contributed by atoms with Gasteiger partial charge in [-0.2, -0.15) is 9.61 Å². The highest BCUT2D eigenvalue weighted by Crippen LogP contribution is 2.00. The van der Waals surface area contributed by atoms with Crippen LogP contribution in [-0.4, -0.2) is 24.8 Å². The summed E-state index contributed by atoms with van der Waals surface area (Å²) in [4.78, 5) is 3.72. The molecule has 0 unspecified atom stereocenters. The molecule has 2 rings (SSSR count). The van der Waals surface area contributed by atoms with Gasteiger partial charge in [-0.05, 0) is 0 Å². The van der Waals surface area contributed by atoms with E-state index in [0.29, 0.717) is 11.5 Å². The smallest absolute Gasteiger partial charge is 0.219 e. The van der Waals surface area contributed by atoms with E-state index < -0.39 is 0 Å². The van der Waals surface area contributed by atoms with Crippen LogP contribution in [0.5, 0.6) is 0 Å². The molecule has 2 aromatic rings. The van der Waals surface area contributed by atoms with Crippen molar-refractivity contribution < 1.29 is 0 Å². The van der Waals surface area contributed by atoms with E-state index in [1.54, 1.807) is 0 Å². The molecule has 6 heteroatoms. The number of rotatable bonds is 0. The molecule has 2 heterocycles. The Morgan fingerprint density at radius 1 is 1.50 bits per heavy atom. The fourth-order valence-corrected chi connectivity index (χ4v) is 0.684. The second kappa shape index (κ2) is 1.63. The van der Waals surface area contributed by atoms with Gasteiger partial charge in [0.25, 0.3) is 0 Å². The van der Waals surface area contributed by atoms with Crippen LogP contribution in [0, 0.1) is 0 Å². The van der Waals surface area contributed by atoms with E-state index in [-0.39, 0.29) is 0 Å². The first-order valence-electron chi connectivity index (χ1n) is 2.64. The zero-order valence-corrected chi connectivity index (χ0v) is 4.97. The SMILES string of the molecule is Nc1ncnn2cnnc12. The van der Waals surface area contributed by atoms with Gasteiger partial charge in [-0.1, -0.05) is 0 Å². The van der Waals surface area contributed by atoms with Crippen LogP contribution in [0.1, 0.15) is 0 Å². The highest BCUT2D eigenvalue weighted by Gasteiger charge is 1.98. The van der Waals surface area contributed by atoms with Gasteiger partial charge in [-0.15, -0.1) is 10.2 Å². The molecule has 0 atom stereocenters. The monoisotopic (exact) mass is 136 g/mol. The molecule has 6 nitrogen and oxygen atoms in total. The summed E-state index contributed by atoms with van der Waals surface area (Å²) in [5, 5.41) is 11.1. The predicted octanol–water partition coefficient (Wildman–Crippen LogP) is -0.899.